The quantitative estimate of drug-likeness (QED) is 0.426. The number of hydrogen-bond acceptors (Lipinski definition) is 4. The first-order valence-corrected chi connectivity index (χ1v) is 10.7. The van der Waals surface area contributed by atoms with Gasteiger partial charge in [-0.15, -0.1) is 0 Å². The van der Waals surface area contributed by atoms with Gasteiger partial charge in [0.15, 0.2) is 5.69 Å². The lowest BCUT2D eigenvalue weighted by Gasteiger charge is -2.21. The van der Waals surface area contributed by atoms with Crippen molar-refractivity contribution in [3.05, 3.63) is 88.7 Å². The topological polar surface area (TPSA) is 117 Å². The Balaban J connectivity index is 1.79. The van der Waals surface area contributed by atoms with E-state index in [0.717, 1.165) is 22.8 Å². The van der Waals surface area contributed by atoms with E-state index < -0.39 is 29.8 Å². The summed E-state index contributed by atoms with van der Waals surface area (Å²) in [4.78, 5) is 39.3. The van der Waals surface area contributed by atoms with E-state index in [2.05, 4.69) is 10.3 Å². The Morgan fingerprint density at radius 3 is 2.15 bits per heavy atom. The Kier molecular flexibility index (Phi) is 7.79. The Morgan fingerprint density at radius 2 is 1.55 bits per heavy atom. The number of nitrogens with zero attached hydrogens (tertiary/aromatic N) is 1. The van der Waals surface area contributed by atoms with Crippen LogP contribution in [0.25, 0.3) is 11.1 Å². The third kappa shape index (κ3) is 6.63. The number of aromatic nitrogens is 1. The summed E-state index contributed by atoms with van der Waals surface area (Å²) in [5, 5.41) is 21.4. The van der Waals surface area contributed by atoms with Crippen LogP contribution >= 0.6 is 11.6 Å². The molecule has 3 rings (SSSR count). The van der Waals surface area contributed by atoms with Crippen LogP contribution < -0.4 is 5.32 Å². The SMILES string of the molecule is C[C@H](C[C@@H](Cc1ccc(-c2ccccc2)cc1)NC(=O)c1cc(Cl)cc(C(=O)O)n1)C(=O)O. The summed E-state index contributed by atoms with van der Waals surface area (Å²) in [6.07, 6.45) is 0.582. The van der Waals surface area contributed by atoms with Gasteiger partial charge in [-0.25, -0.2) is 9.78 Å². The molecule has 0 aliphatic heterocycles. The molecule has 170 valence electrons. The number of aliphatic carboxylic acids is 1. The average Bonchev–Trinajstić information content (AvgIpc) is 2.79. The van der Waals surface area contributed by atoms with Crippen molar-refractivity contribution in [2.45, 2.75) is 25.8 Å². The molecule has 0 aliphatic carbocycles. The maximum atomic E-state index is 12.8. The van der Waals surface area contributed by atoms with Gasteiger partial charge in [-0.1, -0.05) is 73.1 Å². The fraction of sp³-hybridized carbons (Fsp3) is 0.200. The van der Waals surface area contributed by atoms with Gasteiger partial charge in [0.25, 0.3) is 5.91 Å². The van der Waals surface area contributed by atoms with Gasteiger partial charge in [-0.05, 0) is 41.7 Å². The van der Waals surface area contributed by atoms with Gasteiger partial charge in [0.2, 0.25) is 0 Å². The Hall–Kier alpha value is -3.71. The van der Waals surface area contributed by atoms with E-state index in [4.69, 9.17) is 16.7 Å². The second-order valence-corrected chi connectivity index (χ2v) is 8.21. The summed E-state index contributed by atoms with van der Waals surface area (Å²) in [6, 6.07) is 19.6. The molecule has 3 aromatic rings. The van der Waals surface area contributed by atoms with Gasteiger partial charge in [0, 0.05) is 11.1 Å². The van der Waals surface area contributed by atoms with Crippen molar-refractivity contribution in [2.75, 3.05) is 0 Å². The summed E-state index contributed by atoms with van der Waals surface area (Å²) >= 11 is 5.93. The van der Waals surface area contributed by atoms with Crippen molar-refractivity contribution >= 4 is 29.4 Å². The van der Waals surface area contributed by atoms with E-state index in [9.17, 15) is 19.5 Å². The molecule has 0 saturated carbocycles. The molecule has 0 aliphatic rings. The minimum atomic E-state index is -1.30. The highest BCUT2D eigenvalue weighted by molar-refractivity contribution is 6.31. The zero-order valence-corrected chi connectivity index (χ0v) is 18.6. The second kappa shape index (κ2) is 10.7. The highest BCUT2D eigenvalue weighted by Gasteiger charge is 2.22. The van der Waals surface area contributed by atoms with E-state index in [1.54, 1.807) is 6.92 Å². The lowest BCUT2D eigenvalue weighted by molar-refractivity contribution is -0.141. The summed E-state index contributed by atoms with van der Waals surface area (Å²) in [6.45, 7) is 1.57. The number of pyridine rings is 1. The van der Waals surface area contributed by atoms with Crippen molar-refractivity contribution in [3.63, 3.8) is 0 Å². The van der Waals surface area contributed by atoms with Crippen LogP contribution in [0.15, 0.2) is 66.7 Å². The van der Waals surface area contributed by atoms with E-state index in [1.165, 1.54) is 6.07 Å². The normalized spacial score (nSPS) is 12.5. The summed E-state index contributed by atoms with van der Waals surface area (Å²) in [5.74, 6) is -3.59. The number of aromatic carboxylic acids is 1. The fourth-order valence-electron chi connectivity index (χ4n) is 3.45. The highest BCUT2D eigenvalue weighted by Crippen LogP contribution is 2.21. The van der Waals surface area contributed by atoms with Gasteiger partial charge < -0.3 is 15.5 Å². The molecule has 0 spiro atoms. The minimum absolute atomic E-state index is 0.0690. The van der Waals surface area contributed by atoms with Crippen molar-refractivity contribution in [3.8, 4) is 11.1 Å². The molecule has 1 amide bonds. The average molecular weight is 467 g/mol. The number of carboxylic acids is 2. The maximum absolute atomic E-state index is 12.8. The molecule has 1 heterocycles. The largest absolute Gasteiger partial charge is 0.481 e. The minimum Gasteiger partial charge on any atom is -0.481 e. The molecule has 0 radical (unpaired) electrons. The van der Waals surface area contributed by atoms with E-state index in [1.807, 2.05) is 54.6 Å². The van der Waals surface area contributed by atoms with Crippen molar-refractivity contribution in [1.82, 2.24) is 10.3 Å². The predicted octanol–water partition coefficient (Wildman–Crippen LogP) is 4.55. The Labute approximate surface area is 196 Å². The number of amides is 1. The standard InChI is InChI=1S/C25H23ClN2O5/c1-15(24(30)31)11-20(27-23(29)21-13-19(26)14-22(28-21)25(32)33)12-16-7-9-18(10-8-16)17-5-3-2-4-6-17/h2-10,13-15,20H,11-12H2,1H3,(H,27,29)(H,30,31)(H,32,33)/t15-,20+/m1/s1. The Bertz CT molecular complexity index is 1150. The predicted molar refractivity (Wildman–Crippen MR) is 124 cm³/mol. The fourth-order valence-corrected chi connectivity index (χ4v) is 3.66. The zero-order chi connectivity index (χ0) is 24.0. The molecule has 0 saturated heterocycles. The van der Waals surface area contributed by atoms with Gasteiger partial charge in [0.05, 0.1) is 5.92 Å². The molecule has 2 aromatic carbocycles. The van der Waals surface area contributed by atoms with E-state index in [0.29, 0.717) is 6.42 Å². The number of hydrogen-bond donors (Lipinski definition) is 3. The summed E-state index contributed by atoms with van der Waals surface area (Å²) < 4.78 is 0. The van der Waals surface area contributed by atoms with Crippen molar-refractivity contribution < 1.29 is 24.6 Å². The zero-order valence-electron chi connectivity index (χ0n) is 17.9. The first kappa shape index (κ1) is 23.9. The molecule has 0 unspecified atom stereocenters. The lowest BCUT2D eigenvalue weighted by Crippen LogP contribution is -2.39. The first-order chi connectivity index (χ1) is 15.7. The van der Waals surface area contributed by atoms with E-state index >= 15 is 0 Å². The monoisotopic (exact) mass is 466 g/mol. The molecule has 0 bridgehead atoms. The molecule has 7 nitrogen and oxygen atoms in total. The molecule has 8 heteroatoms. The number of carboxylic acid groups (broad SMARTS) is 2. The van der Waals surface area contributed by atoms with Crippen LogP contribution in [0.5, 0.6) is 0 Å². The first-order valence-electron chi connectivity index (χ1n) is 10.3. The smallest absolute Gasteiger partial charge is 0.354 e. The Morgan fingerprint density at radius 1 is 0.939 bits per heavy atom. The molecular formula is C25H23ClN2O5. The lowest BCUT2D eigenvalue weighted by atomic mass is 9.95. The van der Waals surface area contributed by atoms with Crippen LogP contribution in [0.4, 0.5) is 0 Å². The molecule has 33 heavy (non-hydrogen) atoms. The third-order valence-electron chi connectivity index (χ3n) is 5.18. The maximum Gasteiger partial charge on any atom is 0.354 e. The molecule has 1 aromatic heterocycles. The third-order valence-corrected chi connectivity index (χ3v) is 5.40. The van der Waals surface area contributed by atoms with Gasteiger partial charge in [-0.3, -0.25) is 9.59 Å². The van der Waals surface area contributed by atoms with E-state index in [-0.39, 0.29) is 22.8 Å². The van der Waals surface area contributed by atoms with Crippen LogP contribution in [0.3, 0.4) is 0 Å². The van der Waals surface area contributed by atoms with Crippen LogP contribution in [0.2, 0.25) is 5.02 Å². The summed E-state index contributed by atoms with van der Waals surface area (Å²) in [7, 11) is 0. The van der Waals surface area contributed by atoms with Gasteiger partial charge in [0.1, 0.15) is 5.69 Å². The molecule has 2 atom stereocenters. The van der Waals surface area contributed by atoms with Crippen LogP contribution in [0.1, 0.15) is 39.9 Å². The number of nitrogens with one attached hydrogen (secondary N) is 1. The van der Waals surface area contributed by atoms with Crippen LogP contribution in [-0.2, 0) is 11.2 Å². The van der Waals surface area contributed by atoms with Gasteiger partial charge >= 0.3 is 11.9 Å². The number of carbonyl (C=O) groups is 3. The van der Waals surface area contributed by atoms with Crippen molar-refractivity contribution in [2.24, 2.45) is 5.92 Å². The summed E-state index contributed by atoms with van der Waals surface area (Å²) in [5.41, 5.74) is 2.55. The van der Waals surface area contributed by atoms with Crippen molar-refractivity contribution in [1.29, 1.82) is 0 Å². The number of rotatable bonds is 9. The van der Waals surface area contributed by atoms with Crippen LogP contribution in [-0.4, -0.2) is 39.1 Å². The molecule has 3 N–H and O–H groups in total. The number of carbonyl (C=O) groups excluding carboxylic acids is 1. The highest BCUT2D eigenvalue weighted by atomic mass is 35.5. The van der Waals surface area contributed by atoms with Crippen LogP contribution in [0, 0.1) is 5.92 Å². The van der Waals surface area contributed by atoms with Gasteiger partial charge in [-0.2, -0.15) is 0 Å². The second-order valence-electron chi connectivity index (χ2n) is 7.77. The number of benzene rings is 2. The molecule has 0 fully saturated rings. The molecular weight excluding hydrogens is 444 g/mol. The number of halogens is 1.